The Balaban J connectivity index is 2.20. The first kappa shape index (κ1) is 13.3. The average molecular weight is 254 g/mol. The molecular formula is C13H22N2O3. The van der Waals surface area contributed by atoms with E-state index in [1.54, 1.807) is 4.90 Å². The highest BCUT2D eigenvalue weighted by Crippen LogP contribution is 2.41. The Kier molecular flexibility index (Phi) is 3.61. The minimum Gasteiger partial charge on any atom is -0.480 e. The number of likely N-dealkylation sites (tertiary alicyclic amines) is 1. The summed E-state index contributed by atoms with van der Waals surface area (Å²) < 4.78 is 0. The zero-order valence-corrected chi connectivity index (χ0v) is 10.9. The molecule has 102 valence electrons. The minimum absolute atomic E-state index is 0.0285. The van der Waals surface area contributed by atoms with Gasteiger partial charge in [-0.05, 0) is 25.2 Å². The molecule has 2 atom stereocenters. The number of nitrogens with two attached hydrogens (primary N) is 1. The molecule has 5 heteroatoms. The van der Waals surface area contributed by atoms with E-state index in [1.165, 1.54) is 0 Å². The van der Waals surface area contributed by atoms with Crippen molar-refractivity contribution in [3.05, 3.63) is 0 Å². The number of nitrogens with zero attached hydrogens (tertiary/aromatic N) is 1. The maximum atomic E-state index is 12.6. The molecule has 1 aliphatic heterocycles. The van der Waals surface area contributed by atoms with E-state index < -0.39 is 17.4 Å². The molecule has 2 fully saturated rings. The molecular weight excluding hydrogens is 232 g/mol. The summed E-state index contributed by atoms with van der Waals surface area (Å²) in [6, 6.07) is -0.665. The van der Waals surface area contributed by atoms with Crippen molar-refractivity contribution in [2.45, 2.75) is 45.1 Å². The first-order valence-electron chi connectivity index (χ1n) is 6.76. The Morgan fingerprint density at radius 1 is 1.39 bits per heavy atom. The molecule has 18 heavy (non-hydrogen) atoms. The van der Waals surface area contributed by atoms with Crippen LogP contribution in [0.4, 0.5) is 0 Å². The maximum Gasteiger partial charge on any atom is 0.326 e. The molecule has 1 amide bonds. The lowest BCUT2D eigenvalue weighted by molar-refractivity contribution is -0.153. The molecule has 0 radical (unpaired) electrons. The topological polar surface area (TPSA) is 83.6 Å². The molecule has 1 saturated carbocycles. The predicted molar refractivity (Wildman–Crippen MR) is 66.9 cm³/mol. The zero-order valence-electron chi connectivity index (χ0n) is 10.9. The molecule has 1 heterocycles. The molecule has 3 N–H and O–H groups in total. The van der Waals surface area contributed by atoms with E-state index in [1.807, 2.05) is 6.92 Å². The number of hydrogen-bond acceptors (Lipinski definition) is 3. The molecule has 1 saturated heterocycles. The molecule has 0 aromatic rings. The largest absolute Gasteiger partial charge is 0.480 e. The fourth-order valence-electron chi connectivity index (χ4n) is 3.41. The van der Waals surface area contributed by atoms with Crippen LogP contribution in [-0.4, -0.2) is 41.0 Å². The molecule has 1 aliphatic carbocycles. The van der Waals surface area contributed by atoms with Gasteiger partial charge in [-0.1, -0.05) is 19.8 Å². The Labute approximate surface area is 107 Å². The summed E-state index contributed by atoms with van der Waals surface area (Å²) in [6.45, 7) is 2.79. The van der Waals surface area contributed by atoms with Crippen molar-refractivity contribution < 1.29 is 14.7 Å². The number of carbonyl (C=O) groups excluding carboxylic acids is 1. The molecule has 5 nitrogen and oxygen atoms in total. The number of rotatable bonds is 3. The van der Waals surface area contributed by atoms with Gasteiger partial charge in [-0.25, -0.2) is 4.79 Å². The van der Waals surface area contributed by atoms with Gasteiger partial charge in [0.05, 0.1) is 5.41 Å². The van der Waals surface area contributed by atoms with Crippen molar-refractivity contribution in [3.8, 4) is 0 Å². The van der Waals surface area contributed by atoms with Crippen molar-refractivity contribution in [3.63, 3.8) is 0 Å². The van der Waals surface area contributed by atoms with E-state index in [-0.39, 0.29) is 11.8 Å². The van der Waals surface area contributed by atoms with Crippen LogP contribution >= 0.6 is 0 Å². The molecule has 0 aromatic heterocycles. The fraction of sp³-hybridized carbons (Fsp3) is 0.846. The van der Waals surface area contributed by atoms with Gasteiger partial charge in [0.1, 0.15) is 6.04 Å². The van der Waals surface area contributed by atoms with Gasteiger partial charge in [0.2, 0.25) is 5.91 Å². The highest BCUT2D eigenvalue weighted by molar-refractivity contribution is 5.88. The third-order valence-corrected chi connectivity index (χ3v) is 4.62. The highest BCUT2D eigenvalue weighted by Gasteiger charge is 2.48. The minimum atomic E-state index is -0.890. The van der Waals surface area contributed by atoms with Gasteiger partial charge >= 0.3 is 5.97 Å². The third kappa shape index (κ3) is 2.00. The first-order valence-corrected chi connectivity index (χ1v) is 6.76. The van der Waals surface area contributed by atoms with Gasteiger partial charge in [-0.15, -0.1) is 0 Å². The summed E-state index contributed by atoms with van der Waals surface area (Å²) in [5.74, 6) is -0.888. The quantitative estimate of drug-likeness (QED) is 0.781. The molecule has 0 bridgehead atoms. The van der Waals surface area contributed by atoms with Gasteiger partial charge in [0.15, 0.2) is 0 Å². The van der Waals surface area contributed by atoms with E-state index in [9.17, 15) is 14.7 Å². The van der Waals surface area contributed by atoms with Crippen molar-refractivity contribution in [2.24, 2.45) is 17.1 Å². The first-order chi connectivity index (χ1) is 8.52. The lowest BCUT2D eigenvalue weighted by Crippen LogP contribution is -2.51. The maximum absolute atomic E-state index is 12.6. The monoisotopic (exact) mass is 254 g/mol. The Hall–Kier alpha value is -1.10. The second-order valence-electron chi connectivity index (χ2n) is 5.74. The van der Waals surface area contributed by atoms with Gasteiger partial charge in [-0.3, -0.25) is 4.79 Å². The normalized spacial score (nSPS) is 30.7. The van der Waals surface area contributed by atoms with Gasteiger partial charge in [-0.2, -0.15) is 0 Å². The zero-order chi connectivity index (χ0) is 13.3. The summed E-state index contributed by atoms with van der Waals surface area (Å²) in [5, 5.41) is 9.28. The second kappa shape index (κ2) is 4.88. The Morgan fingerprint density at radius 2 is 2.00 bits per heavy atom. The average Bonchev–Trinajstić information content (AvgIpc) is 2.94. The predicted octanol–water partition coefficient (Wildman–Crippen LogP) is 0.827. The van der Waals surface area contributed by atoms with Crippen LogP contribution in [0.5, 0.6) is 0 Å². The second-order valence-corrected chi connectivity index (χ2v) is 5.74. The number of carboxylic acid groups (broad SMARTS) is 1. The number of amides is 1. The van der Waals surface area contributed by atoms with E-state index in [0.717, 1.165) is 32.1 Å². The van der Waals surface area contributed by atoms with Gasteiger partial charge in [0.25, 0.3) is 0 Å². The van der Waals surface area contributed by atoms with Crippen LogP contribution in [-0.2, 0) is 9.59 Å². The summed E-state index contributed by atoms with van der Waals surface area (Å²) in [6.07, 6.45) is 4.41. The van der Waals surface area contributed by atoms with Crippen molar-refractivity contribution in [2.75, 3.05) is 13.1 Å². The third-order valence-electron chi connectivity index (χ3n) is 4.62. The number of aliphatic carboxylic acids is 1. The van der Waals surface area contributed by atoms with Crippen LogP contribution < -0.4 is 5.73 Å². The van der Waals surface area contributed by atoms with Crippen molar-refractivity contribution in [1.29, 1.82) is 0 Å². The molecule has 0 spiro atoms. The SMILES string of the molecule is CC1CCN(C(=O)C2(CN)CCCC2)C1C(=O)O. The fourth-order valence-corrected chi connectivity index (χ4v) is 3.41. The standard InChI is InChI=1S/C13H22N2O3/c1-9-4-7-15(10(9)11(16)17)12(18)13(8-14)5-2-3-6-13/h9-10H,2-8,14H2,1H3,(H,16,17). The van der Waals surface area contributed by atoms with Gasteiger partial charge in [0, 0.05) is 13.1 Å². The van der Waals surface area contributed by atoms with Crippen LogP contribution in [0.3, 0.4) is 0 Å². The highest BCUT2D eigenvalue weighted by atomic mass is 16.4. The lowest BCUT2D eigenvalue weighted by atomic mass is 9.84. The van der Waals surface area contributed by atoms with Gasteiger partial charge < -0.3 is 15.7 Å². The Bertz CT molecular complexity index is 350. The summed E-state index contributed by atoms with van der Waals surface area (Å²) in [7, 11) is 0. The van der Waals surface area contributed by atoms with E-state index in [4.69, 9.17) is 5.73 Å². The van der Waals surface area contributed by atoms with Crippen LogP contribution in [0.25, 0.3) is 0 Å². The van der Waals surface area contributed by atoms with E-state index in [2.05, 4.69) is 0 Å². The van der Waals surface area contributed by atoms with E-state index >= 15 is 0 Å². The smallest absolute Gasteiger partial charge is 0.326 e. The molecule has 2 unspecified atom stereocenters. The van der Waals surface area contributed by atoms with Crippen LogP contribution in [0.15, 0.2) is 0 Å². The van der Waals surface area contributed by atoms with Crippen molar-refractivity contribution in [1.82, 2.24) is 4.90 Å². The molecule has 2 rings (SSSR count). The van der Waals surface area contributed by atoms with E-state index in [0.29, 0.717) is 13.1 Å². The summed E-state index contributed by atoms with van der Waals surface area (Å²) >= 11 is 0. The lowest BCUT2D eigenvalue weighted by Gasteiger charge is -2.33. The van der Waals surface area contributed by atoms with Crippen molar-refractivity contribution >= 4 is 11.9 Å². The summed E-state index contributed by atoms with van der Waals surface area (Å²) in [4.78, 5) is 25.5. The number of carbonyl (C=O) groups is 2. The Morgan fingerprint density at radius 3 is 2.50 bits per heavy atom. The summed E-state index contributed by atoms with van der Waals surface area (Å²) in [5.41, 5.74) is 5.31. The molecule has 0 aromatic carbocycles. The van der Waals surface area contributed by atoms with Crippen LogP contribution in [0.1, 0.15) is 39.0 Å². The number of hydrogen-bond donors (Lipinski definition) is 2. The van der Waals surface area contributed by atoms with Crippen LogP contribution in [0.2, 0.25) is 0 Å². The number of carboxylic acids is 1. The van der Waals surface area contributed by atoms with Crippen LogP contribution in [0, 0.1) is 11.3 Å². The molecule has 2 aliphatic rings.